The molecule has 36 heavy (non-hydrogen) atoms. The minimum Gasteiger partial charge on any atom is -0.481 e. The Hall–Kier alpha value is -3.88. The largest absolute Gasteiger partial charge is 0.481 e. The number of aromatic nitrogens is 2. The van der Waals surface area contributed by atoms with Crippen LogP contribution in [-0.2, 0) is 22.7 Å². The Labute approximate surface area is 209 Å². The van der Waals surface area contributed by atoms with E-state index in [0.29, 0.717) is 36.7 Å². The van der Waals surface area contributed by atoms with E-state index in [4.69, 9.17) is 14.4 Å². The van der Waals surface area contributed by atoms with Gasteiger partial charge < -0.3 is 19.3 Å². The van der Waals surface area contributed by atoms with Gasteiger partial charge in [-0.05, 0) is 72.1 Å². The third-order valence-electron chi connectivity index (χ3n) is 5.89. The molecule has 0 amide bonds. The second kappa shape index (κ2) is 11.2. The number of carboxylic acids is 1. The summed E-state index contributed by atoms with van der Waals surface area (Å²) in [5, 5.41) is 13.0. The van der Waals surface area contributed by atoms with Gasteiger partial charge in [0, 0.05) is 31.3 Å². The number of rotatable bonds is 10. The molecule has 1 N–H and O–H groups in total. The maximum atomic E-state index is 14.4. The van der Waals surface area contributed by atoms with Gasteiger partial charge in [-0.15, -0.1) is 0 Å². The van der Waals surface area contributed by atoms with Gasteiger partial charge in [0.2, 0.25) is 5.82 Å². The van der Waals surface area contributed by atoms with Crippen molar-refractivity contribution in [3.8, 4) is 34.0 Å². The number of aryl methyl sites for hydroxylation is 1. The highest BCUT2D eigenvalue weighted by Crippen LogP contribution is 2.32. The van der Waals surface area contributed by atoms with E-state index in [-0.39, 0.29) is 12.2 Å². The van der Waals surface area contributed by atoms with Gasteiger partial charge in [-0.1, -0.05) is 35.5 Å². The Morgan fingerprint density at radius 1 is 1.08 bits per heavy atom. The number of nitrogens with zero attached hydrogens (tertiary/aromatic N) is 3. The Morgan fingerprint density at radius 2 is 1.89 bits per heavy atom. The Bertz CT molecular complexity index is 1370. The molecule has 1 heterocycles. The van der Waals surface area contributed by atoms with Gasteiger partial charge in [0.05, 0.1) is 13.0 Å². The molecular formula is C28H28FN3O4. The van der Waals surface area contributed by atoms with Gasteiger partial charge in [0.1, 0.15) is 5.82 Å². The minimum absolute atomic E-state index is 0.0144. The number of methoxy groups -OCH3 is 1. The zero-order valence-corrected chi connectivity index (χ0v) is 20.5. The van der Waals surface area contributed by atoms with Crippen molar-refractivity contribution in [2.24, 2.45) is 0 Å². The first-order chi connectivity index (χ1) is 17.3. The van der Waals surface area contributed by atoms with Crippen molar-refractivity contribution in [2.75, 3.05) is 20.7 Å². The highest BCUT2D eigenvalue weighted by atomic mass is 19.1. The standard InChI is InChI=1S/C28H28FN3O4/c1-18-6-4-5-7-24(18)25-9-8-20(14-22(25)17-35-3)28-30-27(31-36-28)21-12-19(13-23(29)15-21)16-32(2)11-10-26(33)34/h4-9,12-15H,10-11,16-17H2,1-3H3,(H,33,34). The number of carbonyl (C=O) groups is 1. The van der Waals surface area contributed by atoms with Crippen molar-refractivity contribution in [1.29, 1.82) is 0 Å². The molecular weight excluding hydrogens is 461 g/mol. The summed E-state index contributed by atoms with van der Waals surface area (Å²) in [7, 11) is 3.44. The third-order valence-corrected chi connectivity index (χ3v) is 5.89. The highest BCUT2D eigenvalue weighted by Gasteiger charge is 2.16. The Balaban J connectivity index is 1.61. The fourth-order valence-corrected chi connectivity index (χ4v) is 4.15. The normalized spacial score (nSPS) is 11.2. The SMILES string of the molecule is COCc1cc(-c2nc(-c3cc(F)cc(CN(C)CCC(=O)O)c3)no2)ccc1-c1ccccc1C. The molecule has 0 aliphatic carbocycles. The van der Waals surface area contributed by atoms with Crippen molar-refractivity contribution < 1.29 is 23.6 Å². The summed E-state index contributed by atoms with van der Waals surface area (Å²) in [6.45, 7) is 3.24. The van der Waals surface area contributed by atoms with Crippen molar-refractivity contribution in [2.45, 2.75) is 26.5 Å². The number of halogens is 1. The lowest BCUT2D eigenvalue weighted by Crippen LogP contribution is -2.21. The van der Waals surface area contributed by atoms with Crippen LogP contribution in [0.3, 0.4) is 0 Å². The van der Waals surface area contributed by atoms with Crippen LogP contribution in [0.5, 0.6) is 0 Å². The molecule has 3 aromatic carbocycles. The summed E-state index contributed by atoms with van der Waals surface area (Å²) in [6.07, 6.45) is 0.0144. The fraction of sp³-hybridized carbons (Fsp3) is 0.250. The van der Waals surface area contributed by atoms with Gasteiger partial charge in [0.25, 0.3) is 5.89 Å². The topological polar surface area (TPSA) is 88.7 Å². The first-order valence-corrected chi connectivity index (χ1v) is 11.6. The quantitative estimate of drug-likeness (QED) is 0.311. The zero-order chi connectivity index (χ0) is 25.7. The van der Waals surface area contributed by atoms with Gasteiger partial charge in [0.15, 0.2) is 0 Å². The van der Waals surface area contributed by atoms with E-state index in [2.05, 4.69) is 29.2 Å². The highest BCUT2D eigenvalue weighted by molar-refractivity contribution is 5.74. The van der Waals surface area contributed by atoms with Crippen LogP contribution in [0.15, 0.2) is 65.2 Å². The molecule has 0 unspecified atom stereocenters. The summed E-state index contributed by atoms with van der Waals surface area (Å²) in [5.74, 6) is -0.703. The number of hydrogen-bond acceptors (Lipinski definition) is 6. The fourth-order valence-electron chi connectivity index (χ4n) is 4.15. The Morgan fingerprint density at radius 3 is 2.64 bits per heavy atom. The molecule has 4 rings (SSSR count). The lowest BCUT2D eigenvalue weighted by molar-refractivity contribution is -0.137. The second-order valence-electron chi connectivity index (χ2n) is 8.77. The molecule has 0 aliphatic rings. The average Bonchev–Trinajstić information content (AvgIpc) is 3.34. The Kier molecular flexibility index (Phi) is 7.87. The molecule has 4 aromatic rings. The summed E-state index contributed by atoms with van der Waals surface area (Å²) in [5.41, 5.74) is 6.26. The molecule has 7 nitrogen and oxygen atoms in total. The van der Waals surface area contributed by atoms with E-state index < -0.39 is 11.8 Å². The lowest BCUT2D eigenvalue weighted by Gasteiger charge is -2.15. The predicted molar refractivity (Wildman–Crippen MR) is 135 cm³/mol. The number of ether oxygens (including phenoxy) is 1. The molecule has 0 saturated carbocycles. The molecule has 0 bridgehead atoms. The van der Waals surface area contributed by atoms with Crippen molar-refractivity contribution in [1.82, 2.24) is 15.0 Å². The number of hydrogen-bond donors (Lipinski definition) is 1. The summed E-state index contributed by atoms with van der Waals surface area (Å²) >= 11 is 0. The minimum atomic E-state index is -0.873. The van der Waals surface area contributed by atoms with Crippen LogP contribution >= 0.6 is 0 Å². The predicted octanol–water partition coefficient (Wildman–Crippen LogP) is 5.57. The van der Waals surface area contributed by atoms with Crippen LogP contribution in [-0.4, -0.2) is 46.8 Å². The first-order valence-electron chi connectivity index (χ1n) is 11.6. The summed E-state index contributed by atoms with van der Waals surface area (Å²) in [6, 6.07) is 18.6. The van der Waals surface area contributed by atoms with Gasteiger partial charge in [-0.2, -0.15) is 4.98 Å². The van der Waals surface area contributed by atoms with Crippen LogP contribution in [0.4, 0.5) is 4.39 Å². The molecule has 0 atom stereocenters. The van der Waals surface area contributed by atoms with E-state index in [1.165, 1.54) is 12.1 Å². The van der Waals surface area contributed by atoms with E-state index in [0.717, 1.165) is 27.8 Å². The van der Waals surface area contributed by atoms with Gasteiger partial charge >= 0.3 is 5.97 Å². The zero-order valence-electron chi connectivity index (χ0n) is 20.5. The smallest absolute Gasteiger partial charge is 0.304 e. The molecule has 8 heteroatoms. The number of aliphatic carboxylic acids is 1. The third kappa shape index (κ3) is 6.02. The molecule has 0 spiro atoms. The monoisotopic (exact) mass is 489 g/mol. The molecule has 0 fully saturated rings. The molecule has 0 aliphatic heterocycles. The van der Waals surface area contributed by atoms with Gasteiger partial charge in [-0.3, -0.25) is 4.79 Å². The van der Waals surface area contributed by atoms with Crippen LogP contribution in [0.2, 0.25) is 0 Å². The number of carboxylic acid groups (broad SMARTS) is 1. The van der Waals surface area contributed by atoms with Crippen molar-refractivity contribution >= 4 is 5.97 Å². The summed E-state index contributed by atoms with van der Waals surface area (Å²) in [4.78, 5) is 17.1. The number of benzene rings is 3. The van der Waals surface area contributed by atoms with E-state index >= 15 is 0 Å². The first kappa shape index (κ1) is 25.2. The van der Waals surface area contributed by atoms with E-state index in [1.807, 2.05) is 35.2 Å². The molecule has 0 saturated heterocycles. The maximum Gasteiger partial charge on any atom is 0.304 e. The molecule has 0 radical (unpaired) electrons. The maximum absolute atomic E-state index is 14.4. The van der Waals surface area contributed by atoms with Crippen LogP contribution in [0.1, 0.15) is 23.1 Å². The molecule has 1 aromatic heterocycles. The van der Waals surface area contributed by atoms with Crippen LogP contribution in [0, 0.1) is 12.7 Å². The van der Waals surface area contributed by atoms with E-state index in [1.54, 1.807) is 20.2 Å². The molecule has 186 valence electrons. The van der Waals surface area contributed by atoms with Crippen LogP contribution in [0.25, 0.3) is 34.0 Å². The van der Waals surface area contributed by atoms with Crippen molar-refractivity contribution in [3.63, 3.8) is 0 Å². The van der Waals surface area contributed by atoms with Crippen LogP contribution < -0.4 is 0 Å². The van der Waals surface area contributed by atoms with E-state index in [9.17, 15) is 9.18 Å². The average molecular weight is 490 g/mol. The lowest BCUT2D eigenvalue weighted by atomic mass is 9.94. The summed E-state index contributed by atoms with van der Waals surface area (Å²) < 4.78 is 25.3. The van der Waals surface area contributed by atoms with Crippen molar-refractivity contribution in [3.05, 3.63) is 83.2 Å². The second-order valence-corrected chi connectivity index (χ2v) is 8.77. The van der Waals surface area contributed by atoms with Gasteiger partial charge in [-0.25, -0.2) is 4.39 Å².